The van der Waals surface area contributed by atoms with Crippen LogP contribution in [0.1, 0.15) is 54.1 Å². The molecule has 3 heterocycles. The van der Waals surface area contributed by atoms with Gasteiger partial charge in [0, 0.05) is 50.3 Å². The summed E-state index contributed by atoms with van der Waals surface area (Å²) in [5.41, 5.74) is 2.33. The van der Waals surface area contributed by atoms with Crippen molar-refractivity contribution >= 4 is 11.8 Å². The molecule has 0 saturated carbocycles. The van der Waals surface area contributed by atoms with Crippen molar-refractivity contribution in [2.45, 2.75) is 58.5 Å². The number of likely N-dealkylation sites (tertiary alicyclic amines) is 1. The number of halogens is 1. The maximum atomic E-state index is 14.2. The number of carbonyl (C=O) groups is 2. The number of benzene rings is 1. The number of piperidine rings is 1. The predicted molar refractivity (Wildman–Crippen MR) is 124 cm³/mol. The number of rotatable bonds is 7. The molecule has 2 amide bonds. The van der Waals surface area contributed by atoms with E-state index in [0.29, 0.717) is 25.2 Å². The summed E-state index contributed by atoms with van der Waals surface area (Å²) in [5.74, 6) is 1.12. The molecule has 34 heavy (non-hydrogen) atoms. The molecule has 1 N–H and O–H groups in total. The van der Waals surface area contributed by atoms with Crippen molar-refractivity contribution < 1.29 is 18.5 Å². The summed E-state index contributed by atoms with van der Waals surface area (Å²) in [4.78, 5) is 31.4. The summed E-state index contributed by atoms with van der Waals surface area (Å²) in [7, 11) is 0. The van der Waals surface area contributed by atoms with Crippen LogP contribution in [0.3, 0.4) is 0 Å². The van der Waals surface area contributed by atoms with Gasteiger partial charge in [-0.05, 0) is 38.3 Å². The Kier molecular flexibility index (Phi) is 7.09. The normalized spacial score (nSPS) is 15.4. The van der Waals surface area contributed by atoms with Gasteiger partial charge in [-0.3, -0.25) is 9.59 Å². The van der Waals surface area contributed by atoms with Gasteiger partial charge >= 0.3 is 0 Å². The molecule has 1 atom stereocenters. The monoisotopic (exact) mass is 467 g/mol. The Hall–Kier alpha value is -3.49. The zero-order valence-electron chi connectivity index (χ0n) is 19.8. The second-order valence-electron chi connectivity index (χ2n) is 8.86. The van der Waals surface area contributed by atoms with E-state index < -0.39 is 6.04 Å². The Labute approximate surface area is 198 Å². The molecule has 0 bridgehead atoms. The van der Waals surface area contributed by atoms with Crippen molar-refractivity contribution in [3.63, 3.8) is 0 Å². The highest BCUT2D eigenvalue weighted by Gasteiger charge is 2.31. The molecule has 1 aromatic carbocycles. The Bertz CT molecular complexity index is 1140. The van der Waals surface area contributed by atoms with E-state index in [1.165, 1.54) is 13.0 Å². The third kappa shape index (κ3) is 5.18. The number of imidazole rings is 1. The van der Waals surface area contributed by atoms with Gasteiger partial charge < -0.3 is 19.3 Å². The van der Waals surface area contributed by atoms with Crippen molar-refractivity contribution in [2.24, 2.45) is 0 Å². The lowest BCUT2D eigenvalue weighted by Crippen LogP contribution is -2.51. The van der Waals surface area contributed by atoms with Gasteiger partial charge in [-0.25, -0.2) is 9.37 Å². The second kappa shape index (κ2) is 10.2. The minimum atomic E-state index is -0.799. The van der Waals surface area contributed by atoms with Crippen LogP contribution in [0, 0.1) is 19.7 Å². The standard InChI is InChI=1S/C25H30FN5O3/c1-16-21(17(2)34-29-16)15-31-13-10-27-24(31)19-8-11-30(12-9-19)25(33)23(28-18(3)32)14-20-6-4-5-7-22(20)26/h4-7,10,13,19,23H,8-9,11-12,14-15H2,1-3H3,(H,28,32). The van der Waals surface area contributed by atoms with E-state index in [-0.39, 0.29) is 30.0 Å². The van der Waals surface area contributed by atoms with Crippen molar-refractivity contribution in [2.75, 3.05) is 13.1 Å². The number of hydrogen-bond donors (Lipinski definition) is 1. The van der Waals surface area contributed by atoms with Gasteiger partial charge in [0.2, 0.25) is 11.8 Å². The fraction of sp³-hybridized carbons (Fsp3) is 0.440. The van der Waals surface area contributed by atoms with Crippen LogP contribution in [0.15, 0.2) is 41.2 Å². The molecule has 1 aliphatic heterocycles. The molecular weight excluding hydrogens is 437 g/mol. The molecule has 0 spiro atoms. The zero-order chi connectivity index (χ0) is 24.2. The lowest BCUT2D eigenvalue weighted by molar-refractivity contribution is -0.137. The van der Waals surface area contributed by atoms with Crippen LogP contribution in [0.25, 0.3) is 0 Å². The highest BCUT2D eigenvalue weighted by molar-refractivity contribution is 5.87. The van der Waals surface area contributed by atoms with Gasteiger partial charge in [0.25, 0.3) is 0 Å². The first-order valence-electron chi connectivity index (χ1n) is 11.6. The average molecular weight is 468 g/mol. The van der Waals surface area contributed by atoms with Crippen molar-refractivity contribution in [3.05, 3.63) is 70.9 Å². The minimum absolute atomic E-state index is 0.118. The van der Waals surface area contributed by atoms with E-state index in [1.807, 2.05) is 20.0 Å². The molecule has 3 aromatic rings. The smallest absolute Gasteiger partial charge is 0.245 e. The molecule has 2 aromatic heterocycles. The van der Waals surface area contributed by atoms with E-state index in [4.69, 9.17) is 4.52 Å². The third-order valence-electron chi connectivity index (χ3n) is 6.49. The van der Waals surface area contributed by atoms with E-state index in [9.17, 15) is 14.0 Å². The molecule has 9 heteroatoms. The zero-order valence-corrected chi connectivity index (χ0v) is 19.8. The summed E-state index contributed by atoms with van der Waals surface area (Å²) in [6.45, 7) is 6.95. The molecule has 180 valence electrons. The quantitative estimate of drug-likeness (QED) is 0.576. The molecule has 4 rings (SSSR count). The van der Waals surface area contributed by atoms with E-state index in [0.717, 1.165) is 35.7 Å². The lowest BCUT2D eigenvalue weighted by Gasteiger charge is -2.34. The largest absolute Gasteiger partial charge is 0.361 e. The number of nitrogens with zero attached hydrogens (tertiary/aromatic N) is 4. The Morgan fingerprint density at radius 3 is 2.62 bits per heavy atom. The molecule has 8 nitrogen and oxygen atoms in total. The van der Waals surface area contributed by atoms with Crippen molar-refractivity contribution in [1.29, 1.82) is 0 Å². The van der Waals surface area contributed by atoms with Gasteiger partial charge in [-0.1, -0.05) is 23.4 Å². The molecular formula is C25H30FN5O3. The predicted octanol–water partition coefficient (Wildman–Crippen LogP) is 3.13. The molecule has 0 radical (unpaired) electrons. The van der Waals surface area contributed by atoms with Gasteiger partial charge in [-0.15, -0.1) is 0 Å². The summed E-state index contributed by atoms with van der Waals surface area (Å²) >= 11 is 0. The summed E-state index contributed by atoms with van der Waals surface area (Å²) in [6, 6.07) is 5.54. The Morgan fingerprint density at radius 2 is 1.97 bits per heavy atom. The second-order valence-corrected chi connectivity index (χ2v) is 8.86. The molecule has 1 saturated heterocycles. The van der Waals surface area contributed by atoms with Crippen LogP contribution in [0.2, 0.25) is 0 Å². The van der Waals surface area contributed by atoms with Gasteiger partial charge in [0.1, 0.15) is 23.4 Å². The van der Waals surface area contributed by atoms with Gasteiger partial charge in [-0.2, -0.15) is 0 Å². The minimum Gasteiger partial charge on any atom is -0.361 e. The molecule has 1 aliphatic rings. The summed E-state index contributed by atoms with van der Waals surface area (Å²) in [6.07, 6.45) is 5.40. The van der Waals surface area contributed by atoms with E-state index >= 15 is 0 Å². The fourth-order valence-corrected chi connectivity index (χ4v) is 4.62. The molecule has 1 unspecified atom stereocenters. The van der Waals surface area contributed by atoms with Crippen LogP contribution in [-0.2, 0) is 22.6 Å². The lowest BCUT2D eigenvalue weighted by atomic mass is 9.94. The Morgan fingerprint density at radius 1 is 1.24 bits per heavy atom. The third-order valence-corrected chi connectivity index (χ3v) is 6.49. The number of aryl methyl sites for hydroxylation is 2. The number of carbonyl (C=O) groups excluding carboxylic acids is 2. The van der Waals surface area contributed by atoms with Gasteiger partial charge in [0.15, 0.2) is 0 Å². The Balaban J connectivity index is 1.42. The highest BCUT2D eigenvalue weighted by Crippen LogP contribution is 2.28. The number of hydrogen-bond acceptors (Lipinski definition) is 5. The fourth-order valence-electron chi connectivity index (χ4n) is 4.62. The maximum absolute atomic E-state index is 14.2. The number of nitrogens with one attached hydrogen (secondary N) is 1. The molecule has 1 fully saturated rings. The van der Waals surface area contributed by atoms with Crippen molar-refractivity contribution in [3.8, 4) is 0 Å². The average Bonchev–Trinajstić information content (AvgIpc) is 3.41. The summed E-state index contributed by atoms with van der Waals surface area (Å²) in [5, 5.41) is 6.74. The van der Waals surface area contributed by atoms with E-state index in [2.05, 4.69) is 20.0 Å². The van der Waals surface area contributed by atoms with Crippen LogP contribution >= 0.6 is 0 Å². The first-order valence-corrected chi connectivity index (χ1v) is 11.6. The highest BCUT2D eigenvalue weighted by atomic mass is 19.1. The maximum Gasteiger partial charge on any atom is 0.245 e. The van der Waals surface area contributed by atoms with Crippen LogP contribution in [0.5, 0.6) is 0 Å². The number of aromatic nitrogens is 3. The van der Waals surface area contributed by atoms with Crippen LogP contribution in [-0.4, -0.2) is 50.6 Å². The van der Waals surface area contributed by atoms with E-state index in [1.54, 1.807) is 29.3 Å². The summed E-state index contributed by atoms with van der Waals surface area (Å²) < 4.78 is 21.6. The molecule has 0 aliphatic carbocycles. The first kappa shape index (κ1) is 23.7. The van der Waals surface area contributed by atoms with Crippen LogP contribution in [0.4, 0.5) is 4.39 Å². The van der Waals surface area contributed by atoms with Crippen LogP contribution < -0.4 is 5.32 Å². The number of amides is 2. The van der Waals surface area contributed by atoms with Crippen molar-refractivity contribution in [1.82, 2.24) is 24.9 Å². The topological polar surface area (TPSA) is 93.3 Å². The van der Waals surface area contributed by atoms with Gasteiger partial charge in [0.05, 0.1) is 12.2 Å². The first-order chi connectivity index (χ1) is 16.3. The SMILES string of the molecule is CC(=O)NC(Cc1ccccc1F)C(=O)N1CCC(c2nccn2Cc2c(C)noc2C)CC1.